The number of methoxy groups -OCH3 is 1. The molecule has 1 atom stereocenters. The molecule has 0 aliphatic carbocycles. The van der Waals surface area contributed by atoms with Gasteiger partial charge in [-0.25, -0.2) is 0 Å². The molecular formula is C28H31N3O4. The van der Waals surface area contributed by atoms with E-state index >= 15 is 0 Å². The van der Waals surface area contributed by atoms with Crippen molar-refractivity contribution in [1.82, 2.24) is 10.2 Å². The molecule has 1 aliphatic heterocycles. The standard InChI is InChI=1S/C28H31N3O4/c1-5-23(27(33)29-18(2)3)30(16-19-12-14-21(35-4)15-13-19)25(32)17-31-24-11-7-9-20-8-6-10-22(26(20)24)28(31)34/h6-15,18,23H,5,16-17H2,1-4H3,(H,29,33)/t23-/m0/s1. The van der Waals surface area contributed by atoms with Crippen LogP contribution in [0, 0.1) is 0 Å². The van der Waals surface area contributed by atoms with Gasteiger partial charge < -0.3 is 15.0 Å². The summed E-state index contributed by atoms with van der Waals surface area (Å²) in [5, 5.41) is 4.75. The Bertz CT molecular complexity index is 1250. The number of carbonyl (C=O) groups is 3. The van der Waals surface area contributed by atoms with E-state index in [-0.39, 0.29) is 36.9 Å². The lowest BCUT2D eigenvalue weighted by Crippen LogP contribution is -2.53. The monoisotopic (exact) mass is 473 g/mol. The zero-order valence-electron chi connectivity index (χ0n) is 20.6. The Morgan fingerprint density at radius 2 is 1.71 bits per heavy atom. The van der Waals surface area contributed by atoms with Gasteiger partial charge in [-0.3, -0.25) is 19.3 Å². The van der Waals surface area contributed by atoms with Crippen molar-refractivity contribution in [2.45, 2.75) is 45.8 Å². The molecule has 0 aromatic heterocycles. The van der Waals surface area contributed by atoms with Gasteiger partial charge in [0, 0.05) is 23.5 Å². The summed E-state index contributed by atoms with van der Waals surface area (Å²) in [6, 6.07) is 18.0. The molecule has 3 aromatic rings. The maximum Gasteiger partial charge on any atom is 0.259 e. The first-order chi connectivity index (χ1) is 16.8. The van der Waals surface area contributed by atoms with Crippen LogP contribution in [0.4, 0.5) is 5.69 Å². The van der Waals surface area contributed by atoms with Gasteiger partial charge in [0.15, 0.2) is 0 Å². The molecule has 182 valence electrons. The third-order valence-corrected chi connectivity index (χ3v) is 6.27. The summed E-state index contributed by atoms with van der Waals surface area (Å²) in [7, 11) is 1.60. The summed E-state index contributed by atoms with van der Waals surface area (Å²) in [5.74, 6) is 0.0196. The maximum absolute atomic E-state index is 13.8. The highest BCUT2D eigenvalue weighted by Crippen LogP contribution is 2.37. The molecule has 0 saturated heterocycles. The van der Waals surface area contributed by atoms with Crippen molar-refractivity contribution in [3.63, 3.8) is 0 Å². The van der Waals surface area contributed by atoms with E-state index in [1.165, 1.54) is 4.90 Å². The number of hydrogen-bond donors (Lipinski definition) is 1. The molecule has 0 saturated carbocycles. The van der Waals surface area contributed by atoms with Gasteiger partial charge in [-0.05, 0) is 55.5 Å². The van der Waals surface area contributed by atoms with Gasteiger partial charge >= 0.3 is 0 Å². The first-order valence-electron chi connectivity index (χ1n) is 11.9. The van der Waals surface area contributed by atoms with E-state index < -0.39 is 6.04 Å². The van der Waals surface area contributed by atoms with Gasteiger partial charge in [-0.2, -0.15) is 0 Å². The van der Waals surface area contributed by atoms with Crippen LogP contribution in [-0.2, 0) is 16.1 Å². The van der Waals surface area contributed by atoms with E-state index in [1.807, 2.05) is 75.4 Å². The topological polar surface area (TPSA) is 79.0 Å². The lowest BCUT2D eigenvalue weighted by molar-refractivity contribution is -0.140. The van der Waals surface area contributed by atoms with E-state index in [0.717, 1.165) is 22.0 Å². The predicted molar refractivity (Wildman–Crippen MR) is 137 cm³/mol. The molecule has 0 bridgehead atoms. The Hall–Kier alpha value is -3.87. The number of hydrogen-bond acceptors (Lipinski definition) is 4. The summed E-state index contributed by atoms with van der Waals surface area (Å²) in [6.07, 6.45) is 0.449. The summed E-state index contributed by atoms with van der Waals surface area (Å²) in [6.45, 7) is 5.76. The summed E-state index contributed by atoms with van der Waals surface area (Å²) in [5.41, 5.74) is 2.19. The van der Waals surface area contributed by atoms with E-state index in [2.05, 4.69) is 5.32 Å². The number of anilines is 1. The predicted octanol–water partition coefficient (Wildman–Crippen LogP) is 4.14. The quantitative estimate of drug-likeness (QED) is 0.507. The minimum absolute atomic E-state index is 0.0539. The van der Waals surface area contributed by atoms with Gasteiger partial charge in [0.25, 0.3) is 5.91 Å². The maximum atomic E-state index is 13.8. The summed E-state index contributed by atoms with van der Waals surface area (Å²) >= 11 is 0. The van der Waals surface area contributed by atoms with E-state index in [9.17, 15) is 14.4 Å². The van der Waals surface area contributed by atoms with Crippen molar-refractivity contribution in [1.29, 1.82) is 0 Å². The Morgan fingerprint density at radius 1 is 1.03 bits per heavy atom. The second-order valence-electron chi connectivity index (χ2n) is 9.03. The number of amides is 3. The molecule has 3 amide bonds. The molecule has 7 heteroatoms. The number of nitrogens with zero attached hydrogens (tertiary/aromatic N) is 2. The highest BCUT2D eigenvalue weighted by Gasteiger charge is 2.35. The smallest absolute Gasteiger partial charge is 0.259 e. The zero-order valence-corrected chi connectivity index (χ0v) is 20.6. The fourth-order valence-corrected chi connectivity index (χ4v) is 4.59. The van der Waals surface area contributed by atoms with Crippen LogP contribution in [0.15, 0.2) is 60.7 Å². The second-order valence-corrected chi connectivity index (χ2v) is 9.03. The molecule has 1 aliphatic rings. The third-order valence-electron chi connectivity index (χ3n) is 6.27. The lowest BCUT2D eigenvalue weighted by Gasteiger charge is -2.32. The first-order valence-corrected chi connectivity index (χ1v) is 11.9. The van der Waals surface area contributed by atoms with Crippen LogP contribution >= 0.6 is 0 Å². The molecule has 0 unspecified atom stereocenters. The van der Waals surface area contributed by atoms with Gasteiger partial charge in [-0.15, -0.1) is 0 Å². The molecule has 3 aromatic carbocycles. The first kappa shape index (κ1) is 24.3. The van der Waals surface area contributed by atoms with Crippen LogP contribution in [-0.4, -0.2) is 48.4 Å². The molecule has 35 heavy (non-hydrogen) atoms. The zero-order chi connectivity index (χ0) is 25.1. The van der Waals surface area contributed by atoms with Crippen molar-refractivity contribution >= 4 is 34.2 Å². The third kappa shape index (κ3) is 4.85. The van der Waals surface area contributed by atoms with Crippen LogP contribution in [0.25, 0.3) is 10.8 Å². The number of ether oxygens (including phenoxy) is 1. The molecule has 1 N–H and O–H groups in total. The summed E-state index contributed by atoms with van der Waals surface area (Å²) in [4.78, 5) is 43.2. The van der Waals surface area contributed by atoms with Crippen molar-refractivity contribution in [2.24, 2.45) is 0 Å². The SMILES string of the molecule is CC[C@@H](C(=O)NC(C)C)N(Cc1ccc(OC)cc1)C(=O)CN1C(=O)c2cccc3cccc1c23. The largest absolute Gasteiger partial charge is 0.497 e. The van der Waals surface area contributed by atoms with Gasteiger partial charge in [0.05, 0.1) is 12.8 Å². The van der Waals surface area contributed by atoms with E-state index in [4.69, 9.17) is 4.74 Å². The average molecular weight is 474 g/mol. The Morgan fingerprint density at radius 3 is 2.34 bits per heavy atom. The van der Waals surface area contributed by atoms with Crippen LogP contribution in [0.5, 0.6) is 5.75 Å². The summed E-state index contributed by atoms with van der Waals surface area (Å²) < 4.78 is 5.24. The number of rotatable bonds is 9. The molecule has 0 fully saturated rings. The fraction of sp³-hybridized carbons (Fsp3) is 0.321. The van der Waals surface area contributed by atoms with Gasteiger partial charge in [-0.1, -0.05) is 43.3 Å². The van der Waals surface area contributed by atoms with E-state index in [0.29, 0.717) is 17.7 Å². The minimum Gasteiger partial charge on any atom is -0.497 e. The molecule has 1 heterocycles. The van der Waals surface area contributed by atoms with Crippen LogP contribution in [0.2, 0.25) is 0 Å². The number of carbonyl (C=O) groups excluding carboxylic acids is 3. The number of nitrogens with one attached hydrogen (secondary N) is 1. The molecule has 4 rings (SSSR count). The van der Waals surface area contributed by atoms with Crippen LogP contribution < -0.4 is 15.0 Å². The van der Waals surface area contributed by atoms with E-state index in [1.54, 1.807) is 18.1 Å². The molecule has 7 nitrogen and oxygen atoms in total. The number of benzene rings is 3. The van der Waals surface area contributed by atoms with Crippen LogP contribution in [0.3, 0.4) is 0 Å². The average Bonchev–Trinajstić information content (AvgIpc) is 3.12. The highest BCUT2D eigenvalue weighted by atomic mass is 16.5. The fourth-order valence-electron chi connectivity index (χ4n) is 4.59. The second kappa shape index (κ2) is 10.2. The van der Waals surface area contributed by atoms with Crippen molar-refractivity contribution in [3.8, 4) is 5.75 Å². The normalized spacial score (nSPS) is 13.3. The lowest BCUT2D eigenvalue weighted by atomic mass is 10.1. The van der Waals surface area contributed by atoms with Gasteiger partial charge in [0.1, 0.15) is 18.3 Å². The van der Waals surface area contributed by atoms with Crippen LogP contribution in [0.1, 0.15) is 43.1 Å². The van der Waals surface area contributed by atoms with Crippen molar-refractivity contribution in [3.05, 3.63) is 71.8 Å². The van der Waals surface area contributed by atoms with Crippen molar-refractivity contribution in [2.75, 3.05) is 18.6 Å². The highest BCUT2D eigenvalue weighted by molar-refractivity contribution is 6.26. The molecular weight excluding hydrogens is 442 g/mol. The Kier molecular flexibility index (Phi) is 7.05. The molecule has 0 spiro atoms. The van der Waals surface area contributed by atoms with Gasteiger partial charge in [0.2, 0.25) is 11.8 Å². The van der Waals surface area contributed by atoms with Crippen molar-refractivity contribution < 1.29 is 19.1 Å². The Balaban J connectivity index is 1.64. The minimum atomic E-state index is -0.664. The molecule has 0 radical (unpaired) electrons. The Labute approximate surface area is 205 Å².